The molecular weight excluding hydrogens is 168 g/mol. The Morgan fingerprint density at radius 2 is 1.77 bits per heavy atom. The first-order chi connectivity index (χ1) is 6.38. The molecule has 0 N–H and O–H groups in total. The molecule has 0 aromatic carbocycles. The molecule has 0 aromatic heterocycles. The van der Waals surface area contributed by atoms with Gasteiger partial charge in [-0.3, -0.25) is 0 Å². The van der Waals surface area contributed by atoms with Crippen molar-refractivity contribution >= 4 is 6.09 Å². The van der Waals surface area contributed by atoms with E-state index in [1.54, 1.807) is 5.01 Å². The molecule has 0 saturated carbocycles. The van der Waals surface area contributed by atoms with E-state index >= 15 is 0 Å². The molecule has 2 saturated heterocycles. The summed E-state index contributed by atoms with van der Waals surface area (Å²) in [5.74, 6) is 0. The van der Waals surface area contributed by atoms with Gasteiger partial charge in [-0.05, 0) is 12.8 Å². The summed E-state index contributed by atoms with van der Waals surface area (Å²) in [5.41, 5.74) is 0. The van der Waals surface area contributed by atoms with Gasteiger partial charge >= 0.3 is 6.09 Å². The lowest BCUT2D eigenvalue weighted by Gasteiger charge is -2.38. The van der Waals surface area contributed by atoms with E-state index in [0.717, 1.165) is 26.1 Å². The number of hydrogen-bond donors (Lipinski definition) is 0. The molecule has 0 unspecified atom stereocenters. The molecule has 4 heteroatoms. The van der Waals surface area contributed by atoms with Gasteiger partial charge in [0.1, 0.15) is 0 Å². The topological polar surface area (TPSA) is 32.8 Å². The van der Waals surface area contributed by atoms with Gasteiger partial charge in [0.2, 0.25) is 0 Å². The number of cyclic esters (lactones) is 1. The minimum absolute atomic E-state index is 0.159. The van der Waals surface area contributed by atoms with E-state index in [4.69, 9.17) is 4.74 Å². The fourth-order valence-electron chi connectivity index (χ4n) is 1.92. The maximum Gasteiger partial charge on any atom is 0.424 e. The molecule has 2 fully saturated rings. The van der Waals surface area contributed by atoms with E-state index in [2.05, 4.69) is 5.01 Å². The number of amides is 1. The van der Waals surface area contributed by atoms with Crippen LogP contribution >= 0.6 is 0 Å². The van der Waals surface area contributed by atoms with Crippen molar-refractivity contribution in [2.24, 2.45) is 0 Å². The van der Waals surface area contributed by atoms with Crippen molar-refractivity contribution < 1.29 is 9.53 Å². The maximum absolute atomic E-state index is 11.4. The Balaban J connectivity index is 1.92. The molecule has 74 valence electrons. The second-order valence-electron chi connectivity index (χ2n) is 3.61. The molecule has 0 aromatic rings. The summed E-state index contributed by atoms with van der Waals surface area (Å²) < 4.78 is 4.99. The molecule has 4 nitrogen and oxygen atoms in total. The molecule has 2 aliphatic rings. The first-order valence-corrected chi connectivity index (χ1v) is 5.07. The normalized spacial score (nSPS) is 25.8. The van der Waals surface area contributed by atoms with Crippen LogP contribution in [0.2, 0.25) is 0 Å². The lowest BCUT2D eigenvalue weighted by Crippen LogP contribution is -2.51. The second-order valence-corrected chi connectivity index (χ2v) is 3.61. The predicted octanol–water partition coefficient (Wildman–Crippen LogP) is 1.23. The summed E-state index contributed by atoms with van der Waals surface area (Å²) in [6.07, 6.45) is 4.49. The molecule has 2 rings (SSSR count). The minimum Gasteiger partial charge on any atom is -0.448 e. The first kappa shape index (κ1) is 8.81. The van der Waals surface area contributed by atoms with Crippen LogP contribution < -0.4 is 0 Å². The summed E-state index contributed by atoms with van der Waals surface area (Å²) in [6.45, 7) is 3.44. The molecule has 0 radical (unpaired) electrons. The standard InChI is InChI=1S/C9H16N2O2/c12-9-11(7-4-8-13-9)10-5-2-1-3-6-10/h1-8H2. The summed E-state index contributed by atoms with van der Waals surface area (Å²) in [6, 6.07) is 0. The number of hydrazine groups is 1. The fourth-order valence-corrected chi connectivity index (χ4v) is 1.92. The van der Waals surface area contributed by atoms with Crippen LogP contribution in [0, 0.1) is 0 Å². The zero-order valence-corrected chi connectivity index (χ0v) is 7.87. The van der Waals surface area contributed by atoms with Gasteiger partial charge in [-0.25, -0.2) is 14.8 Å². The maximum atomic E-state index is 11.4. The van der Waals surface area contributed by atoms with Gasteiger partial charge in [-0.2, -0.15) is 0 Å². The lowest BCUT2D eigenvalue weighted by atomic mass is 10.2. The Hall–Kier alpha value is -0.770. The number of hydrogen-bond acceptors (Lipinski definition) is 3. The van der Waals surface area contributed by atoms with Crippen LogP contribution in [0.15, 0.2) is 0 Å². The van der Waals surface area contributed by atoms with E-state index in [1.807, 2.05) is 0 Å². The minimum atomic E-state index is -0.159. The van der Waals surface area contributed by atoms with Gasteiger partial charge in [0, 0.05) is 26.1 Å². The molecule has 0 aliphatic carbocycles. The largest absolute Gasteiger partial charge is 0.448 e. The van der Waals surface area contributed by atoms with Crippen LogP contribution in [0.25, 0.3) is 0 Å². The van der Waals surface area contributed by atoms with Gasteiger partial charge in [0.05, 0.1) is 6.61 Å². The molecule has 1 amide bonds. The smallest absolute Gasteiger partial charge is 0.424 e. The van der Waals surface area contributed by atoms with E-state index in [0.29, 0.717) is 6.61 Å². The number of nitrogens with zero attached hydrogens (tertiary/aromatic N) is 2. The number of piperidine rings is 1. The van der Waals surface area contributed by atoms with Crippen molar-refractivity contribution in [3.05, 3.63) is 0 Å². The lowest BCUT2D eigenvalue weighted by molar-refractivity contribution is -0.0556. The van der Waals surface area contributed by atoms with E-state index in [9.17, 15) is 4.79 Å². The summed E-state index contributed by atoms with van der Waals surface area (Å²) in [5, 5.41) is 3.90. The highest BCUT2D eigenvalue weighted by Gasteiger charge is 2.26. The molecule has 2 aliphatic heterocycles. The zero-order valence-electron chi connectivity index (χ0n) is 7.87. The van der Waals surface area contributed by atoms with Crippen molar-refractivity contribution in [1.82, 2.24) is 10.0 Å². The summed E-state index contributed by atoms with van der Waals surface area (Å²) >= 11 is 0. The van der Waals surface area contributed by atoms with Crippen molar-refractivity contribution in [3.63, 3.8) is 0 Å². The second kappa shape index (κ2) is 3.96. The van der Waals surface area contributed by atoms with Crippen LogP contribution in [0.3, 0.4) is 0 Å². The van der Waals surface area contributed by atoms with Gasteiger partial charge in [-0.1, -0.05) is 6.42 Å². The quantitative estimate of drug-likeness (QED) is 0.614. The highest BCUT2D eigenvalue weighted by Crippen LogP contribution is 2.15. The zero-order chi connectivity index (χ0) is 9.10. The molecular formula is C9H16N2O2. The molecule has 0 atom stereocenters. The monoisotopic (exact) mass is 184 g/mol. The van der Waals surface area contributed by atoms with Gasteiger partial charge in [0.15, 0.2) is 0 Å². The SMILES string of the molecule is O=C1OCCCN1N1CCCCC1. The molecule has 0 bridgehead atoms. The highest BCUT2D eigenvalue weighted by atomic mass is 16.6. The summed E-state index contributed by atoms with van der Waals surface area (Å²) in [4.78, 5) is 11.4. The predicted molar refractivity (Wildman–Crippen MR) is 48.1 cm³/mol. The van der Waals surface area contributed by atoms with Gasteiger partial charge in [0.25, 0.3) is 0 Å². The average Bonchev–Trinajstić information content (AvgIpc) is 2.20. The van der Waals surface area contributed by atoms with Gasteiger partial charge in [-0.15, -0.1) is 0 Å². The third kappa shape index (κ3) is 1.94. The van der Waals surface area contributed by atoms with Crippen LogP contribution in [0.5, 0.6) is 0 Å². The van der Waals surface area contributed by atoms with Crippen molar-refractivity contribution in [3.8, 4) is 0 Å². The Kier molecular flexibility index (Phi) is 2.68. The Labute approximate surface area is 78.4 Å². The van der Waals surface area contributed by atoms with Crippen LogP contribution in [-0.4, -0.2) is 42.4 Å². The molecule has 2 heterocycles. The van der Waals surface area contributed by atoms with Crippen molar-refractivity contribution in [2.45, 2.75) is 25.7 Å². The van der Waals surface area contributed by atoms with Crippen LogP contribution in [0.4, 0.5) is 4.79 Å². The van der Waals surface area contributed by atoms with Crippen LogP contribution in [-0.2, 0) is 4.74 Å². The third-order valence-electron chi connectivity index (χ3n) is 2.62. The van der Waals surface area contributed by atoms with Crippen LogP contribution in [0.1, 0.15) is 25.7 Å². The fraction of sp³-hybridized carbons (Fsp3) is 0.889. The third-order valence-corrected chi connectivity index (χ3v) is 2.62. The van der Waals surface area contributed by atoms with E-state index in [1.165, 1.54) is 19.3 Å². The van der Waals surface area contributed by atoms with E-state index in [-0.39, 0.29) is 6.09 Å². The number of ether oxygens (including phenoxy) is 1. The highest BCUT2D eigenvalue weighted by molar-refractivity contribution is 5.67. The number of carbonyl (C=O) groups is 1. The Bertz CT molecular complexity index is 190. The Morgan fingerprint density at radius 3 is 2.46 bits per heavy atom. The number of carbonyl (C=O) groups excluding carboxylic acids is 1. The number of rotatable bonds is 1. The van der Waals surface area contributed by atoms with Crippen molar-refractivity contribution in [1.29, 1.82) is 0 Å². The first-order valence-electron chi connectivity index (χ1n) is 5.07. The molecule has 13 heavy (non-hydrogen) atoms. The molecule has 0 spiro atoms. The summed E-state index contributed by atoms with van der Waals surface area (Å²) in [7, 11) is 0. The Morgan fingerprint density at radius 1 is 1.00 bits per heavy atom. The van der Waals surface area contributed by atoms with Crippen molar-refractivity contribution in [2.75, 3.05) is 26.2 Å². The van der Waals surface area contributed by atoms with E-state index < -0.39 is 0 Å². The van der Waals surface area contributed by atoms with Gasteiger partial charge < -0.3 is 4.74 Å². The average molecular weight is 184 g/mol.